The van der Waals surface area contributed by atoms with Crippen molar-refractivity contribution in [1.82, 2.24) is 9.88 Å². The second-order valence-corrected chi connectivity index (χ2v) is 4.27. The van der Waals surface area contributed by atoms with Crippen molar-refractivity contribution in [2.24, 2.45) is 0 Å². The molecule has 0 atom stereocenters. The highest BCUT2D eigenvalue weighted by Gasteiger charge is 2.09. The van der Waals surface area contributed by atoms with E-state index in [1.165, 1.54) is 5.56 Å². The summed E-state index contributed by atoms with van der Waals surface area (Å²) in [5.41, 5.74) is 1.18. The Bertz CT molecular complexity index is 364. The molecule has 1 N–H and O–H groups in total. The Morgan fingerprint density at radius 2 is 2.24 bits per heavy atom. The topological polar surface area (TPSA) is 52.0 Å². The quantitative estimate of drug-likeness (QED) is 0.817. The van der Waals surface area contributed by atoms with Gasteiger partial charge in [-0.1, -0.05) is 6.07 Å². The first kappa shape index (κ1) is 13.5. The van der Waals surface area contributed by atoms with E-state index >= 15 is 0 Å². The molecular formula is C13H20N4. The molecule has 17 heavy (non-hydrogen) atoms. The smallest absolute Gasteiger partial charge is 0.125 e. The summed E-state index contributed by atoms with van der Waals surface area (Å²) in [4.78, 5) is 6.56. The summed E-state index contributed by atoms with van der Waals surface area (Å²) in [7, 11) is 1.86. The number of nitrogens with one attached hydrogen (secondary N) is 1. The van der Waals surface area contributed by atoms with E-state index in [0.29, 0.717) is 12.5 Å². The Kier molecular flexibility index (Phi) is 5.44. The SMILES string of the molecule is CNc1ccc(CN(CCC#N)C(C)C)cn1. The molecule has 0 spiro atoms. The van der Waals surface area contributed by atoms with Crippen LogP contribution in [0.5, 0.6) is 0 Å². The third-order valence-electron chi connectivity index (χ3n) is 2.71. The van der Waals surface area contributed by atoms with Gasteiger partial charge in [-0.3, -0.25) is 4.90 Å². The molecule has 0 aliphatic heterocycles. The van der Waals surface area contributed by atoms with Gasteiger partial charge in [-0.2, -0.15) is 5.26 Å². The van der Waals surface area contributed by atoms with Crippen molar-refractivity contribution in [3.05, 3.63) is 23.9 Å². The van der Waals surface area contributed by atoms with Gasteiger partial charge in [-0.15, -0.1) is 0 Å². The Morgan fingerprint density at radius 1 is 1.47 bits per heavy atom. The lowest BCUT2D eigenvalue weighted by Crippen LogP contribution is -2.31. The van der Waals surface area contributed by atoms with Crippen LogP contribution in [0.15, 0.2) is 18.3 Å². The van der Waals surface area contributed by atoms with E-state index in [4.69, 9.17) is 5.26 Å². The summed E-state index contributed by atoms with van der Waals surface area (Å²) in [5.74, 6) is 0.877. The van der Waals surface area contributed by atoms with Gasteiger partial charge in [0.25, 0.3) is 0 Å². The van der Waals surface area contributed by atoms with Crippen LogP contribution in [-0.2, 0) is 6.54 Å². The van der Waals surface area contributed by atoms with Crippen LogP contribution >= 0.6 is 0 Å². The maximum absolute atomic E-state index is 8.63. The first-order chi connectivity index (χ1) is 8.17. The van der Waals surface area contributed by atoms with Crippen molar-refractivity contribution in [3.8, 4) is 6.07 Å². The predicted octanol–water partition coefficient (Wildman–Crippen LogP) is 2.25. The fourth-order valence-electron chi connectivity index (χ4n) is 1.61. The van der Waals surface area contributed by atoms with Gasteiger partial charge in [-0.05, 0) is 25.5 Å². The van der Waals surface area contributed by atoms with E-state index < -0.39 is 0 Å². The summed E-state index contributed by atoms with van der Waals surface area (Å²) in [6, 6.07) is 6.67. The molecule has 0 bridgehead atoms. The summed E-state index contributed by atoms with van der Waals surface area (Å²) in [6.07, 6.45) is 2.45. The van der Waals surface area contributed by atoms with Gasteiger partial charge >= 0.3 is 0 Å². The highest BCUT2D eigenvalue weighted by atomic mass is 15.1. The number of hydrogen-bond donors (Lipinski definition) is 1. The number of nitriles is 1. The summed E-state index contributed by atoms with van der Waals surface area (Å²) < 4.78 is 0. The standard InChI is InChI=1S/C13H20N4/c1-11(2)17(8-4-7-14)10-12-5-6-13(15-3)16-9-12/h5-6,9,11H,4,8,10H2,1-3H3,(H,15,16). The van der Waals surface area contributed by atoms with Crippen molar-refractivity contribution in [3.63, 3.8) is 0 Å². The molecule has 0 fully saturated rings. The lowest BCUT2D eigenvalue weighted by atomic mass is 10.2. The molecule has 0 unspecified atom stereocenters. The third-order valence-corrected chi connectivity index (χ3v) is 2.71. The van der Waals surface area contributed by atoms with Crippen molar-refractivity contribution >= 4 is 5.82 Å². The van der Waals surface area contributed by atoms with E-state index in [9.17, 15) is 0 Å². The number of hydrogen-bond acceptors (Lipinski definition) is 4. The molecule has 0 aliphatic carbocycles. The maximum Gasteiger partial charge on any atom is 0.125 e. The fraction of sp³-hybridized carbons (Fsp3) is 0.538. The Morgan fingerprint density at radius 3 is 2.71 bits per heavy atom. The summed E-state index contributed by atoms with van der Waals surface area (Å²) in [6.45, 7) is 5.94. The molecule has 0 saturated heterocycles. The Balaban J connectivity index is 2.62. The molecule has 1 aromatic heterocycles. The average molecular weight is 232 g/mol. The van der Waals surface area contributed by atoms with E-state index in [1.54, 1.807) is 0 Å². The number of aromatic nitrogens is 1. The fourth-order valence-corrected chi connectivity index (χ4v) is 1.61. The second-order valence-electron chi connectivity index (χ2n) is 4.27. The molecule has 4 nitrogen and oxygen atoms in total. The van der Waals surface area contributed by atoms with Crippen LogP contribution in [-0.4, -0.2) is 29.5 Å². The molecule has 4 heteroatoms. The van der Waals surface area contributed by atoms with Crippen LogP contribution in [0, 0.1) is 11.3 Å². The molecule has 0 aliphatic rings. The molecule has 1 heterocycles. The van der Waals surface area contributed by atoms with Gasteiger partial charge in [0.2, 0.25) is 0 Å². The minimum Gasteiger partial charge on any atom is -0.373 e. The van der Waals surface area contributed by atoms with Gasteiger partial charge in [-0.25, -0.2) is 4.98 Å². The Labute approximate surface area is 103 Å². The van der Waals surface area contributed by atoms with E-state index in [0.717, 1.165) is 18.9 Å². The predicted molar refractivity (Wildman–Crippen MR) is 69.6 cm³/mol. The second kappa shape index (κ2) is 6.87. The third kappa shape index (κ3) is 4.41. The van der Waals surface area contributed by atoms with Gasteiger partial charge in [0.15, 0.2) is 0 Å². The van der Waals surface area contributed by atoms with Crippen LogP contribution < -0.4 is 5.32 Å². The van der Waals surface area contributed by atoms with Crippen LogP contribution in [0.25, 0.3) is 0 Å². The zero-order valence-electron chi connectivity index (χ0n) is 10.8. The van der Waals surface area contributed by atoms with Crippen LogP contribution in [0.2, 0.25) is 0 Å². The monoisotopic (exact) mass is 232 g/mol. The molecular weight excluding hydrogens is 212 g/mol. The molecule has 0 radical (unpaired) electrons. The minimum atomic E-state index is 0.437. The maximum atomic E-state index is 8.63. The first-order valence-electron chi connectivity index (χ1n) is 5.91. The zero-order valence-corrected chi connectivity index (χ0v) is 10.8. The minimum absolute atomic E-state index is 0.437. The van der Waals surface area contributed by atoms with E-state index in [2.05, 4.69) is 41.2 Å². The number of rotatable bonds is 6. The highest BCUT2D eigenvalue weighted by Crippen LogP contribution is 2.10. The molecule has 0 saturated carbocycles. The van der Waals surface area contributed by atoms with Gasteiger partial charge in [0.05, 0.1) is 6.07 Å². The lowest BCUT2D eigenvalue weighted by Gasteiger charge is -2.25. The van der Waals surface area contributed by atoms with Gasteiger partial charge in [0, 0.05) is 38.8 Å². The zero-order chi connectivity index (χ0) is 12.7. The van der Waals surface area contributed by atoms with Crippen LogP contribution in [0.1, 0.15) is 25.8 Å². The Hall–Kier alpha value is -1.60. The van der Waals surface area contributed by atoms with E-state index in [1.807, 2.05) is 19.3 Å². The number of anilines is 1. The molecule has 0 amide bonds. The van der Waals surface area contributed by atoms with E-state index in [-0.39, 0.29) is 0 Å². The molecule has 1 aromatic rings. The van der Waals surface area contributed by atoms with Crippen molar-refractivity contribution in [2.75, 3.05) is 18.9 Å². The molecule has 1 rings (SSSR count). The van der Waals surface area contributed by atoms with Gasteiger partial charge < -0.3 is 5.32 Å². The lowest BCUT2D eigenvalue weighted by molar-refractivity contribution is 0.217. The average Bonchev–Trinajstić information content (AvgIpc) is 2.35. The largest absolute Gasteiger partial charge is 0.373 e. The van der Waals surface area contributed by atoms with Gasteiger partial charge in [0.1, 0.15) is 5.82 Å². The first-order valence-corrected chi connectivity index (χ1v) is 5.91. The van der Waals surface area contributed by atoms with Crippen molar-refractivity contribution in [1.29, 1.82) is 5.26 Å². The van der Waals surface area contributed by atoms with Crippen molar-refractivity contribution < 1.29 is 0 Å². The molecule has 92 valence electrons. The number of pyridine rings is 1. The number of nitrogens with zero attached hydrogens (tertiary/aromatic N) is 3. The molecule has 0 aromatic carbocycles. The summed E-state index contributed by atoms with van der Waals surface area (Å²) in [5, 5.41) is 11.6. The highest BCUT2D eigenvalue weighted by molar-refractivity contribution is 5.34. The van der Waals surface area contributed by atoms with Crippen LogP contribution in [0.3, 0.4) is 0 Å². The summed E-state index contributed by atoms with van der Waals surface area (Å²) >= 11 is 0. The normalized spacial score (nSPS) is 10.6. The van der Waals surface area contributed by atoms with Crippen molar-refractivity contribution in [2.45, 2.75) is 32.9 Å². The van der Waals surface area contributed by atoms with Crippen LogP contribution in [0.4, 0.5) is 5.82 Å².